The standard InChI is InChI=1S/C20H24N2O2/c1-2-24-19(16-9-5-3-6-10-16)20(23)21-17-13-14-22(15-17)18-11-7-4-8-12-18/h3-12,17,19H,2,13-15H2,1H3,(H,21,23). The van der Waals surface area contributed by atoms with Gasteiger partial charge in [-0.25, -0.2) is 0 Å². The molecule has 0 radical (unpaired) electrons. The Morgan fingerprint density at radius 1 is 1.17 bits per heavy atom. The molecule has 2 unspecified atom stereocenters. The third-order valence-electron chi connectivity index (χ3n) is 4.33. The number of anilines is 1. The largest absolute Gasteiger partial charge is 0.369 e. The van der Waals surface area contributed by atoms with Gasteiger partial charge in [0, 0.05) is 31.4 Å². The molecule has 0 aromatic heterocycles. The highest BCUT2D eigenvalue weighted by atomic mass is 16.5. The number of para-hydroxylation sites is 1. The first kappa shape index (κ1) is 16.5. The molecule has 126 valence electrons. The Morgan fingerprint density at radius 3 is 2.50 bits per heavy atom. The average molecular weight is 324 g/mol. The van der Waals surface area contributed by atoms with Gasteiger partial charge < -0.3 is 15.0 Å². The molecular formula is C20H24N2O2. The summed E-state index contributed by atoms with van der Waals surface area (Å²) in [7, 11) is 0. The van der Waals surface area contributed by atoms with Gasteiger partial charge in [-0.3, -0.25) is 4.79 Å². The molecule has 1 fully saturated rings. The molecule has 0 spiro atoms. The second-order valence-corrected chi connectivity index (χ2v) is 6.02. The summed E-state index contributed by atoms with van der Waals surface area (Å²) in [4.78, 5) is 15.0. The molecule has 1 N–H and O–H groups in total. The van der Waals surface area contributed by atoms with Crippen molar-refractivity contribution < 1.29 is 9.53 Å². The van der Waals surface area contributed by atoms with E-state index in [4.69, 9.17) is 4.74 Å². The molecule has 0 saturated carbocycles. The molecule has 1 saturated heterocycles. The summed E-state index contributed by atoms with van der Waals surface area (Å²) >= 11 is 0. The first-order valence-corrected chi connectivity index (χ1v) is 8.55. The monoisotopic (exact) mass is 324 g/mol. The highest BCUT2D eigenvalue weighted by Crippen LogP contribution is 2.22. The van der Waals surface area contributed by atoms with Gasteiger partial charge >= 0.3 is 0 Å². The minimum Gasteiger partial charge on any atom is -0.369 e. The van der Waals surface area contributed by atoms with Crippen LogP contribution in [0, 0.1) is 0 Å². The van der Waals surface area contributed by atoms with Gasteiger partial charge in [0.1, 0.15) is 0 Å². The van der Waals surface area contributed by atoms with Crippen LogP contribution in [0.3, 0.4) is 0 Å². The van der Waals surface area contributed by atoms with Crippen molar-refractivity contribution in [1.29, 1.82) is 0 Å². The molecule has 0 bridgehead atoms. The van der Waals surface area contributed by atoms with Crippen LogP contribution in [-0.4, -0.2) is 31.6 Å². The van der Waals surface area contributed by atoms with Crippen molar-refractivity contribution in [2.75, 3.05) is 24.6 Å². The van der Waals surface area contributed by atoms with Gasteiger partial charge in [-0.1, -0.05) is 48.5 Å². The maximum atomic E-state index is 12.7. The number of amides is 1. The smallest absolute Gasteiger partial charge is 0.254 e. The molecule has 1 aliphatic heterocycles. The predicted molar refractivity (Wildman–Crippen MR) is 96.0 cm³/mol. The molecule has 3 rings (SSSR count). The molecule has 4 nitrogen and oxygen atoms in total. The summed E-state index contributed by atoms with van der Waals surface area (Å²) in [6, 6.07) is 20.2. The van der Waals surface area contributed by atoms with E-state index < -0.39 is 6.10 Å². The van der Waals surface area contributed by atoms with Gasteiger partial charge in [0.25, 0.3) is 5.91 Å². The second kappa shape index (κ2) is 7.97. The van der Waals surface area contributed by atoms with Crippen LogP contribution in [0.1, 0.15) is 25.0 Å². The Labute approximate surface area is 143 Å². The molecule has 1 heterocycles. The van der Waals surface area contributed by atoms with Gasteiger partial charge in [-0.05, 0) is 31.0 Å². The highest BCUT2D eigenvalue weighted by Gasteiger charge is 2.28. The van der Waals surface area contributed by atoms with Crippen molar-refractivity contribution >= 4 is 11.6 Å². The van der Waals surface area contributed by atoms with Crippen LogP contribution in [0.4, 0.5) is 5.69 Å². The maximum absolute atomic E-state index is 12.7. The Hall–Kier alpha value is -2.33. The number of carbonyl (C=O) groups excluding carboxylic acids is 1. The fourth-order valence-electron chi connectivity index (χ4n) is 3.15. The van der Waals surface area contributed by atoms with Crippen molar-refractivity contribution in [3.05, 3.63) is 66.2 Å². The number of nitrogens with zero attached hydrogens (tertiary/aromatic N) is 1. The normalized spacial score (nSPS) is 18.4. The van der Waals surface area contributed by atoms with E-state index in [1.807, 2.05) is 55.5 Å². The van der Waals surface area contributed by atoms with Crippen LogP contribution in [0.15, 0.2) is 60.7 Å². The number of hydrogen-bond acceptors (Lipinski definition) is 3. The van der Waals surface area contributed by atoms with E-state index in [9.17, 15) is 4.79 Å². The van der Waals surface area contributed by atoms with Crippen LogP contribution in [0.5, 0.6) is 0 Å². The van der Waals surface area contributed by atoms with Gasteiger partial charge in [0.2, 0.25) is 0 Å². The van der Waals surface area contributed by atoms with Crippen LogP contribution in [-0.2, 0) is 9.53 Å². The van der Waals surface area contributed by atoms with E-state index in [1.54, 1.807) is 0 Å². The molecule has 1 amide bonds. The molecule has 1 aliphatic rings. The summed E-state index contributed by atoms with van der Waals surface area (Å²) in [6.45, 7) is 4.21. The number of hydrogen-bond donors (Lipinski definition) is 1. The summed E-state index contributed by atoms with van der Waals surface area (Å²) in [5.41, 5.74) is 2.11. The lowest BCUT2D eigenvalue weighted by molar-refractivity contribution is -0.133. The number of carbonyl (C=O) groups is 1. The van der Waals surface area contributed by atoms with E-state index in [-0.39, 0.29) is 11.9 Å². The van der Waals surface area contributed by atoms with Crippen LogP contribution >= 0.6 is 0 Å². The molecule has 2 aromatic rings. The lowest BCUT2D eigenvalue weighted by Gasteiger charge is -2.21. The fraction of sp³-hybridized carbons (Fsp3) is 0.350. The minimum absolute atomic E-state index is 0.0528. The Bertz CT molecular complexity index is 645. The zero-order valence-electron chi connectivity index (χ0n) is 14.0. The number of nitrogens with one attached hydrogen (secondary N) is 1. The summed E-state index contributed by atoms with van der Waals surface area (Å²) in [5.74, 6) is -0.0528. The molecule has 24 heavy (non-hydrogen) atoms. The Kier molecular flexibility index (Phi) is 5.49. The van der Waals surface area contributed by atoms with E-state index in [1.165, 1.54) is 5.69 Å². The van der Waals surface area contributed by atoms with Crippen molar-refractivity contribution in [1.82, 2.24) is 5.32 Å². The maximum Gasteiger partial charge on any atom is 0.254 e. The van der Waals surface area contributed by atoms with Gasteiger partial charge in [-0.2, -0.15) is 0 Å². The second-order valence-electron chi connectivity index (χ2n) is 6.02. The number of ether oxygens (including phenoxy) is 1. The highest BCUT2D eigenvalue weighted by molar-refractivity contribution is 5.82. The molecule has 2 atom stereocenters. The minimum atomic E-state index is -0.540. The Morgan fingerprint density at radius 2 is 1.83 bits per heavy atom. The zero-order chi connectivity index (χ0) is 16.8. The van der Waals surface area contributed by atoms with E-state index in [0.29, 0.717) is 6.61 Å². The van der Waals surface area contributed by atoms with Crippen LogP contribution in [0.2, 0.25) is 0 Å². The lowest BCUT2D eigenvalue weighted by Crippen LogP contribution is -2.40. The first-order valence-electron chi connectivity index (χ1n) is 8.55. The van der Waals surface area contributed by atoms with Crippen LogP contribution < -0.4 is 10.2 Å². The molecular weight excluding hydrogens is 300 g/mol. The first-order chi connectivity index (χ1) is 11.8. The van der Waals surface area contributed by atoms with Crippen molar-refractivity contribution in [3.63, 3.8) is 0 Å². The number of benzene rings is 2. The lowest BCUT2D eigenvalue weighted by atomic mass is 10.1. The summed E-state index contributed by atoms with van der Waals surface area (Å²) in [5, 5.41) is 3.16. The van der Waals surface area contributed by atoms with Gasteiger partial charge in [0.15, 0.2) is 6.10 Å². The molecule has 2 aromatic carbocycles. The quantitative estimate of drug-likeness (QED) is 0.887. The topological polar surface area (TPSA) is 41.6 Å². The third-order valence-corrected chi connectivity index (χ3v) is 4.33. The fourth-order valence-corrected chi connectivity index (χ4v) is 3.15. The third kappa shape index (κ3) is 3.95. The zero-order valence-corrected chi connectivity index (χ0v) is 14.0. The number of rotatable bonds is 6. The predicted octanol–water partition coefficient (Wildman–Crippen LogP) is 3.16. The van der Waals surface area contributed by atoms with E-state index >= 15 is 0 Å². The Balaban J connectivity index is 1.62. The van der Waals surface area contributed by atoms with Crippen molar-refractivity contribution in [3.8, 4) is 0 Å². The van der Waals surface area contributed by atoms with Crippen molar-refractivity contribution in [2.45, 2.75) is 25.5 Å². The molecule has 0 aliphatic carbocycles. The van der Waals surface area contributed by atoms with Crippen LogP contribution in [0.25, 0.3) is 0 Å². The summed E-state index contributed by atoms with van der Waals surface area (Å²) < 4.78 is 5.69. The SMILES string of the molecule is CCOC(C(=O)NC1CCN(c2ccccc2)C1)c1ccccc1. The average Bonchev–Trinajstić information content (AvgIpc) is 3.09. The van der Waals surface area contributed by atoms with Gasteiger partial charge in [0.05, 0.1) is 0 Å². The van der Waals surface area contributed by atoms with Crippen molar-refractivity contribution in [2.24, 2.45) is 0 Å². The summed E-state index contributed by atoms with van der Waals surface area (Å²) in [6.07, 6.45) is 0.413. The molecule has 4 heteroatoms. The van der Waals surface area contributed by atoms with Gasteiger partial charge in [-0.15, -0.1) is 0 Å². The van der Waals surface area contributed by atoms with E-state index in [0.717, 1.165) is 25.1 Å². The van der Waals surface area contributed by atoms with E-state index in [2.05, 4.69) is 22.3 Å².